The van der Waals surface area contributed by atoms with E-state index in [0.29, 0.717) is 22.1 Å². The summed E-state index contributed by atoms with van der Waals surface area (Å²) in [6, 6.07) is 23.5. The van der Waals surface area contributed by atoms with Gasteiger partial charge in [-0.15, -0.1) is 11.3 Å². The van der Waals surface area contributed by atoms with Crippen LogP contribution in [0.3, 0.4) is 0 Å². The largest absolute Gasteiger partial charge is 0.457 e. The number of aromatic nitrogens is 1. The Morgan fingerprint density at radius 1 is 1.00 bits per heavy atom. The van der Waals surface area contributed by atoms with Gasteiger partial charge in [-0.05, 0) is 29.8 Å². The second-order valence-electron chi connectivity index (χ2n) is 6.20. The number of anilines is 1. The van der Waals surface area contributed by atoms with Crippen molar-refractivity contribution < 1.29 is 9.66 Å². The maximum atomic E-state index is 10.9. The van der Waals surface area contributed by atoms with Crippen LogP contribution < -0.4 is 10.2 Å². The standard InChI is InChI=1S/C22H16N4O3S/c27-26(28)18-8-5-7-17(13-18)21-15-30-22(24-21)25-23-14-16-6-4-11-20(12-16)29-19-9-2-1-3-10-19/h1-15H,(H,24,25)/b23-14-. The topological polar surface area (TPSA) is 89.7 Å². The molecule has 4 rings (SSSR count). The Labute approximate surface area is 176 Å². The molecule has 0 amide bonds. The second kappa shape index (κ2) is 8.97. The number of nitro groups is 1. The highest BCUT2D eigenvalue weighted by atomic mass is 32.1. The van der Waals surface area contributed by atoms with E-state index in [1.807, 2.05) is 60.0 Å². The van der Waals surface area contributed by atoms with Crippen molar-refractivity contribution in [2.24, 2.45) is 5.10 Å². The predicted octanol–water partition coefficient (Wildman–Crippen LogP) is 5.96. The summed E-state index contributed by atoms with van der Waals surface area (Å²) in [6.45, 7) is 0. The van der Waals surface area contributed by atoms with Crippen LogP contribution in [0.15, 0.2) is 89.3 Å². The maximum absolute atomic E-state index is 10.9. The van der Waals surface area contributed by atoms with Gasteiger partial charge in [0.25, 0.3) is 5.69 Å². The van der Waals surface area contributed by atoms with E-state index in [4.69, 9.17) is 4.74 Å². The summed E-state index contributed by atoms with van der Waals surface area (Å²) in [5.74, 6) is 1.48. The molecule has 3 aromatic carbocycles. The van der Waals surface area contributed by atoms with Crippen molar-refractivity contribution in [3.63, 3.8) is 0 Å². The van der Waals surface area contributed by atoms with Gasteiger partial charge in [-0.1, -0.05) is 42.5 Å². The number of ether oxygens (including phenoxy) is 1. The number of rotatable bonds is 7. The lowest BCUT2D eigenvalue weighted by molar-refractivity contribution is -0.384. The number of nitrogens with zero attached hydrogens (tertiary/aromatic N) is 3. The van der Waals surface area contributed by atoms with E-state index in [0.717, 1.165) is 11.3 Å². The Balaban J connectivity index is 1.41. The van der Waals surface area contributed by atoms with Crippen LogP contribution in [0.1, 0.15) is 5.56 Å². The van der Waals surface area contributed by atoms with Gasteiger partial charge in [-0.3, -0.25) is 15.5 Å². The monoisotopic (exact) mass is 416 g/mol. The lowest BCUT2D eigenvalue weighted by atomic mass is 10.1. The summed E-state index contributed by atoms with van der Waals surface area (Å²) in [4.78, 5) is 14.9. The van der Waals surface area contributed by atoms with E-state index in [2.05, 4.69) is 15.5 Å². The second-order valence-corrected chi connectivity index (χ2v) is 7.06. The highest BCUT2D eigenvalue weighted by Gasteiger charge is 2.09. The Bertz CT molecular complexity index is 1190. The number of para-hydroxylation sites is 1. The zero-order chi connectivity index (χ0) is 20.8. The Morgan fingerprint density at radius 3 is 2.63 bits per heavy atom. The first-order chi connectivity index (χ1) is 14.7. The van der Waals surface area contributed by atoms with Crippen molar-refractivity contribution in [2.75, 3.05) is 5.43 Å². The van der Waals surface area contributed by atoms with E-state index in [9.17, 15) is 10.1 Å². The molecule has 7 nitrogen and oxygen atoms in total. The Kier molecular flexibility index (Phi) is 5.77. The molecule has 1 heterocycles. The SMILES string of the molecule is O=[N+]([O-])c1cccc(-c2csc(N/N=C\c3cccc(Oc4ccccc4)c3)n2)c1. The Hall–Kier alpha value is -4.04. The van der Waals surface area contributed by atoms with Crippen molar-refractivity contribution in [1.29, 1.82) is 0 Å². The summed E-state index contributed by atoms with van der Waals surface area (Å²) in [5, 5.41) is 17.6. The molecule has 0 radical (unpaired) electrons. The molecule has 0 saturated heterocycles. The molecule has 0 unspecified atom stereocenters. The fourth-order valence-corrected chi connectivity index (χ4v) is 3.35. The van der Waals surface area contributed by atoms with Crippen LogP contribution in [0.5, 0.6) is 11.5 Å². The first-order valence-corrected chi connectivity index (χ1v) is 9.88. The van der Waals surface area contributed by atoms with Crippen LogP contribution in [0.25, 0.3) is 11.3 Å². The van der Waals surface area contributed by atoms with Crippen LogP contribution in [-0.2, 0) is 0 Å². The molecule has 0 fully saturated rings. The molecule has 0 aliphatic rings. The van der Waals surface area contributed by atoms with Gasteiger partial charge in [0, 0.05) is 23.1 Å². The molecule has 8 heteroatoms. The van der Waals surface area contributed by atoms with Crippen LogP contribution in [-0.4, -0.2) is 16.1 Å². The zero-order valence-corrected chi connectivity index (χ0v) is 16.5. The van der Waals surface area contributed by atoms with Crippen molar-refractivity contribution in [1.82, 2.24) is 4.98 Å². The first kappa shape index (κ1) is 19.3. The van der Waals surface area contributed by atoms with Crippen LogP contribution >= 0.6 is 11.3 Å². The highest BCUT2D eigenvalue weighted by molar-refractivity contribution is 7.14. The minimum Gasteiger partial charge on any atom is -0.457 e. The van der Waals surface area contributed by atoms with Crippen molar-refractivity contribution >= 4 is 28.4 Å². The van der Waals surface area contributed by atoms with Gasteiger partial charge < -0.3 is 4.74 Å². The summed E-state index contributed by atoms with van der Waals surface area (Å²) in [5.41, 5.74) is 5.13. The van der Waals surface area contributed by atoms with Crippen LogP contribution in [0.2, 0.25) is 0 Å². The van der Waals surface area contributed by atoms with Gasteiger partial charge in [0.2, 0.25) is 5.13 Å². The Morgan fingerprint density at radius 2 is 1.80 bits per heavy atom. The summed E-state index contributed by atoms with van der Waals surface area (Å²) in [7, 11) is 0. The molecular formula is C22H16N4O3S. The molecule has 0 aliphatic carbocycles. The smallest absolute Gasteiger partial charge is 0.270 e. The third-order valence-electron chi connectivity index (χ3n) is 4.07. The molecule has 148 valence electrons. The molecule has 0 bridgehead atoms. The summed E-state index contributed by atoms with van der Waals surface area (Å²) >= 11 is 1.37. The van der Waals surface area contributed by atoms with Gasteiger partial charge in [0.15, 0.2) is 0 Å². The highest BCUT2D eigenvalue weighted by Crippen LogP contribution is 2.27. The van der Waals surface area contributed by atoms with Gasteiger partial charge in [0.05, 0.1) is 16.8 Å². The molecule has 1 N–H and O–H groups in total. The van der Waals surface area contributed by atoms with Crippen molar-refractivity contribution in [2.45, 2.75) is 0 Å². The van der Waals surface area contributed by atoms with Crippen molar-refractivity contribution in [3.8, 4) is 22.8 Å². The van der Waals surface area contributed by atoms with E-state index in [-0.39, 0.29) is 5.69 Å². The third kappa shape index (κ3) is 4.86. The average Bonchev–Trinajstić information content (AvgIpc) is 3.24. The fraction of sp³-hybridized carbons (Fsp3) is 0. The van der Waals surface area contributed by atoms with Gasteiger partial charge in [-0.25, -0.2) is 4.98 Å². The third-order valence-corrected chi connectivity index (χ3v) is 4.81. The van der Waals surface area contributed by atoms with Gasteiger partial charge in [0.1, 0.15) is 11.5 Å². The van der Waals surface area contributed by atoms with Crippen LogP contribution in [0.4, 0.5) is 10.8 Å². The lowest BCUT2D eigenvalue weighted by Crippen LogP contribution is -1.91. The first-order valence-electron chi connectivity index (χ1n) is 9.00. The number of hydrogen-bond donors (Lipinski definition) is 1. The normalized spacial score (nSPS) is 10.8. The molecule has 0 spiro atoms. The number of nitro benzene ring substituents is 1. The number of hydrazone groups is 1. The molecule has 4 aromatic rings. The summed E-state index contributed by atoms with van der Waals surface area (Å²) in [6.07, 6.45) is 1.67. The number of non-ortho nitro benzene ring substituents is 1. The predicted molar refractivity (Wildman–Crippen MR) is 118 cm³/mol. The minimum absolute atomic E-state index is 0.0330. The van der Waals surface area contributed by atoms with E-state index in [1.54, 1.807) is 18.3 Å². The number of thiazole rings is 1. The van der Waals surface area contributed by atoms with Crippen LogP contribution in [0, 0.1) is 10.1 Å². The van der Waals surface area contributed by atoms with E-state index in [1.165, 1.54) is 23.5 Å². The molecule has 1 aromatic heterocycles. The molecular weight excluding hydrogens is 400 g/mol. The van der Waals surface area contributed by atoms with E-state index >= 15 is 0 Å². The van der Waals surface area contributed by atoms with E-state index < -0.39 is 4.92 Å². The zero-order valence-electron chi connectivity index (χ0n) is 15.6. The summed E-state index contributed by atoms with van der Waals surface area (Å²) < 4.78 is 5.82. The number of nitrogens with one attached hydrogen (secondary N) is 1. The van der Waals surface area contributed by atoms with Gasteiger partial charge >= 0.3 is 0 Å². The minimum atomic E-state index is -0.422. The quantitative estimate of drug-likeness (QED) is 0.228. The fourth-order valence-electron chi connectivity index (χ4n) is 2.68. The van der Waals surface area contributed by atoms with Crippen molar-refractivity contribution in [3.05, 3.63) is 99.9 Å². The molecule has 0 saturated carbocycles. The average molecular weight is 416 g/mol. The lowest BCUT2D eigenvalue weighted by Gasteiger charge is -2.05. The molecule has 0 aliphatic heterocycles. The molecule has 30 heavy (non-hydrogen) atoms. The van der Waals surface area contributed by atoms with Gasteiger partial charge in [-0.2, -0.15) is 5.10 Å². The number of hydrogen-bond acceptors (Lipinski definition) is 7. The molecule has 0 atom stereocenters. The maximum Gasteiger partial charge on any atom is 0.270 e. The number of benzene rings is 3.